The number of anilines is 1. The summed E-state index contributed by atoms with van der Waals surface area (Å²) in [5.41, 5.74) is 6.89. The molecule has 1 rings (SSSR count). The number of hydrogen-bond acceptors (Lipinski definition) is 2. The molecule has 0 radical (unpaired) electrons. The van der Waals surface area contributed by atoms with E-state index in [-0.39, 0.29) is 5.91 Å². The molecule has 0 spiro atoms. The lowest BCUT2D eigenvalue weighted by Crippen LogP contribution is -2.33. The number of unbranched alkanes of at least 4 members (excludes halogenated alkanes) is 2. The molecular weight excluding hydrogens is 260 g/mol. The summed E-state index contributed by atoms with van der Waals surface area (Å²) in [6, 6.07) is 5.06. The van der Waals surface area contributed by atoms with Gasteiger partial charge in [0.05, 0.1) is 5.56 Å². The second kappa shape index (κ2) is 8.05. The van der Waals surface area contributed by atoms with Crippen molar-refractivity contribution in [3.8, 4) is 0 Å². The van der Waals surface area contributed by atoms with Gasteiger partial charge < -0.3 is 10.6 Å². The number of nitrogen functional groups attached to an aromatic ring is 1. The van der Waals surface area contributed by atoms with Crippen LogP contribution in [-0.2, 0) is 0 Å². The molecule has 3 nitrogen and oxygen atoms in total. The smallest absolute Gasteiger partial charge is 0.255 e. The van der Waals surface area contributed by atoms with E-state index in [9.17, 15) is 4.79 Å². The molecule has 2 N–H and O–H groups in total. The van der Waals surface area contributed by atoms with Crippen molar-refractivity contribution >= 4 is 23.2 Å². The van der Waals surface area contributed by atoms with Gasteiger partial charge in [-0.2, -0.15) is 0 Å². The number of hydrogen-bond donors (Lipinski definition) is 1. The summed E-state index contributed by atoms with van der Waals surface area (Å²) in [5.74, 6) is 0.0102. The average Bonchev–Trinajstić information content (AvgIpc) is 2.38. The van der Waals surface area contributed by atoms with Crippen LogP contribution < -0.4 is 5.73 Å². The van der Waals surface area contributed by atoms with Gasteiger partial charge in [0, 0.05) is 23.8 Å². The Bertz CT molecular complexity index is 413. The number of amides is 1. The average molecular weight is 283 g/mol. The maximum Gasteiger partial charge on any atom is 0.255 e. The highest BCUT2D eigenvalue weighted by atomic mass is 35.5. The first-order chi connectivity index (χ1) is 9.10. The molecule has 1 aromatic carbocycles. The Morgan fingerprint density at radius 1 is 1.21 bits per heavy atom. The molecule has 0 bridgehead atoms. The van der Waals surface area contributed by atoms with Gasteiger partial charge in [0.1, 0.15) is 0 Å². The number of halogens is 1. The predicted molar refractivity (Wildman–Crippen MR) is 81.6 cm³/mol. The topological polar surface area (TPSA) is 46.3 Å². The van der Waals surface area contributed by atoms with Gasteiger partial charge in [0.15, 0.2) is 0 Å². The molecule has 0 atom stereocenters. The molecule has 0 saturated heterocycles. The molecule has 0 fully saturated rings. The summed E-state index contributed by atoms with van der Waals surface area (Å²) >= 11 is 5.86. The fraction of sp³-hybridized carbons (Fsp3) is 0.533. The molecule has 0 aliphatic rings. The minimum Gasteiger partial charge on any atom is -0.398 e. The monoisotopic (exact) mass is 282 g/mol. The van der Waals surface area contributed by atoms with Crippen molar-refractivity contribution in [1.29, 1.82) is 0 Å². The van der Waals surface area contributed by atoms with E-state index in [0.717, 1.165) is 38.8 Å². The standard InChI is InChI=1S/C15H23ClN2O/c1-3-5-9-18(10-6-4-2)15(19)13-8-7-12(16)11-14(13)17/h7-8,11H,3-6,9-10,17H2,1-2H3. The maximum atomic E-state index is 12.5. The first-order valence-electron chi connectivity index (χ1n) is 6.94. The lowest BCUT2D eigenvalue weighted by Gasteiger charge is -2.23. The summed E-state index contributed by atoms with van der Waals surface area (Å²) in [6.45, 7) is 5.83. The highest BCUT2D eigenvalue weighted by Gasteiger charge is 2.17. The Balaban J connectivity index is 2.84. The van der Waals surface area contributed by atoms with Crippen molar-refractivity contribution in [2.24, 2.45) is 0 Å². The van der Waals surface area contributed by atoms with E-state index in [1.165, 1.54) is 0 Å². The maximum absolute atomic E-state index is 12.5. The summed E-state index contributed by atoms with van der Waals surface area (Å²) in [4.78, 5) is 14.4. The van der Waals surface area contributed by atoms with Gasteiger partial charge in [0.2, 0.25) is 0 Å². The highest BCUT2D eigenvalue weighted by Crippen LogP contribution is 2.20. The molecule has 0 heterocycles. The van der Waals surface area contributed by atoms with E-state index >= 15 is 0 Å². The third-order valence-electron chi connectivity index (χ3n) is 3.09. The van der Waals surface area contributed by atoms with Crippen molar-refractivity contribution < 1.29 is 4.79 Å². The van der Waals surface area contributed by atoms with Crippen LogP contribution in [0.5, 0.6) is 0 Å². The van der Waals surface area contributed by atoms with Crippen LogP contribution in [-0.4, -0.2) is 23.9 Å². The molecule has 0 aliphatic heterocycles. The van der Waals surface area contributed by atoms with Gasteiger partial charge in [-0.3, -0.25) is 4.79 Å². The number of carbonyl (C=O) groups excluding carboxylic acids is 1. The molecular formula is C15H23ClN2O. The molecule has 19 heavy (non-hydrogen) atoms. The van der Waals surface area contributed by atoms with Gasteiger partial charge in [-0.25, -0.2) is 0 Å². The van der Waals surface area contributed by atoms with E-state index in [1.54, 1.807) is 18.2 Å². The van der Waals surface area contributed by atoms with E-state index in [2.05, 4.69) is 13.8 Å². The van der Waals surface area contributed by atoms with Crippen LogP contribution >= 0.6 is 11.6 Å². The zero-order valence-electron chi connectivity index (χ0n) is 11.8. The summed E-state index contributed by atoms with van der Waals surface area (Å²) in [7, 11) is 0. The lowest BCUT2D eigenvalue weighted by atomic mass is 10.1. The minimum atomic E-state index is 0.0102. The van der Waals surface area contributed by atoms with Crippen LogP contribution in [0.3, 0.4) is 0 Å². The zero-order chi connectivity index (χ0) is 14.3. The van der Waals surface area contributed by atoms with Crippen LogP contribution in [0.2, 0.25) is 5.02 Å². The third kappa shape index (κ3) is 4.75. The number of nitrogens with zero attached hydrogens (tertiary/aromatic N) is 1. The van der Waals surface area contributed by atoms with E-state index in [4.69, 9.17) is 17.3 Å². The van der Waals surface area contributed by atoms with Gasteiger partial charge >= 0.3 is 0 Å². The largest absolute Gasteiger partial charge is 0.398 e. The Hall–Kier alpha value is -1.22. The predicted octanol–water partition coefficient (Wildman–Crippen LogP) is 3.96. The Morgan fingerprint density at radius 2 is 1.79 bits per heavy atom. The fourth-order valence-electron chi connectivity index (χ4n) is 1.91. The molecule has 1 aromatic rings. The van der Waals surface area contributed by atoms with Crippen LogP contribution in [0.15, 0.2) is 18.2 Å². The lowest BCUT2D eigenvalue weighted by molar-refractivity contribution is 0.0752. The Morgan fingerprint density at radius 3 is 2.26 bits per heavy atom. The zero-order valence-corrected chi connectivity index (χ0v) is 12.5. The molecule has 1 amide bonds. The van der Waals surface area contributed by atoms with Gasteiger partial charge in [0.25, 0.3) is 5.91 Å². The molecule has 0 aromatic heterocycles. The molecule has 0 saturated carbocycles. The molecule has 4 heteroatoms. The minimum absolute atomic E-state index is 0.0102. The number of nitrogens with two attached hydrogens (primary N) is 1. The van der Waals surface area contributed by atoms with Gasteiger partial charge in [-0.05, 0) is 31.0 Å². The van der Waals surface area contributed by atoms with E-state index in [0.29, 0.717) is 16.3 Å². The summed E-state index contributed by atoms with van der Waals surface area (Å²) in [6.07, 6.45) is 4.18. The van der Waals surface area contributed by atoms with E-state index < -0.39 is 0 Å². The number of benzene rings is 1. The molecule has 0 unspecified atom stereocenters. The fourth-order valence-corrected chi connectivity index (χ4v) is 2.09. The summed E-state index contributed by atoms with van der Waals surface area (Å²) in [5, 5.41) is 0.558. The van der Waals surface area contributed by atoms with Crippen molar-refractivity contribution in [2.45, 2.75) is 39.5 Å². The normalized spacial score (nSPS) is 10.5. The van der Waals surface area contributed by atoms with Gasteiger partial charge in [-0.15, -0.1) is 0 Å². The Labute approximate surface area is 120 Å². The summed E-state index contributed by atoms with van der Waals surface area (Å²) < 4.78 is 0. The van der Waals surface area contributed by atoms with Crippen molar-refractivity contribution in [1.82, 2.24) is 4.90 Å². The SMILES string of the molecule is CCCCN(CCCC)C(=O)c1ccc(Cl)cc1N. The van der Waals surface area contributed by atoms with E-state index in [1.807, 2.05) is 4.90 Å². The first-order valence-corrected chi connectivity index (χ1v) is 7.32. The third-order valence-corrected chi connectivity index (χ3v) is 3.33. The van der Waals surface area contributed by atoms with Crippen LogP contribution in [0, 0.1) is 0 Å². The molecule has 0 aliphatic carbocycles. The first kappa shape index (κ1) is 15.8. The number of rotatable bonds is 7. The molecule has 106 valence electrons. The van der Waals surface area contributed by atoms with Gasteiger partial charge in [-0.1, -0.05) is 38.3 Å². The van der Waals surface area contributed by atoms with Crippen LogP contribution in [0.25, 0.3) is 0 Å². The van der Waals surface area contributed by atoms with Crippen LogP contribution in [0.1, 0.15) is 49.9 Å². The van der Waals surface area contributed by atoms with Crippen LogP contribution in [0.4, 0.5) is 5.69 Å². The van der Waals surface area contributed by atoms with Crippen molar-refractivity contribution in [2.75, 3.05) is 18.8 Å². The quantitative estimate of drug-likeness (QED) is 0.769. The highest BCUT2D eigenvalue weighted by molar-refractivity contribution is 6.31. The van der Waals surface area contributed by atoms with Crippen molar-refractivity contribution in [3.05, 3.63) is 28.8 Å². The second-order valence-corrected chi connectivity index (χ2v) is 5.17. The second-order valence-electron chi connectivity index (χ2n) is 4.73. The number of carbonyl (C=O) groups is 1. The Kier molecular flexibility index (Phi) is 6.71. The van der Waals surface area contributed by atoms with Crippen molar-refractivity contribution in [3.63, 3.8) is 0 Å².